The molecular formula is C6H10NO2. The van der Waals surface area contributed by atoms with E-state index in [0.717, 1.165) is 32.5 Å². The maximum atomic E-state index is 5.32. The Morgan fingerprint density at radius 1 is 1.22 bits per heavy atom. The molecule has 0 bridgehead atoms. The number of rotatable bonds is 1. The van der Waals surface area contributed by atoms with Crippen molar-refractivity contribution >= 4 is 0 Å². The molecule has 2 aliphatic rings. The largest absolute Gasteiger partial charge is 0.374 e. The van der Waals surface area contributed by atoms with Crippen LogP contribution in [0, 0.1) is 6.23 Å². The lowest BCUT2D eigenvalue weighted by molar-refractivity contribution is -0.0584. The van der Waals surface area contributed by atoms with Crippen molar-refractivity contribution in [2.45, 2.75) is 0 Å². The quantitative estimate of drug-likeness (QED) is 0.458. The monoisotopic (exact) mass is 128 g/mol. The van der Waals surface area contributed by atoms with Crippen LogP contribution in [-0.2, 0) is 9.47 Å². The molecule has 0 amide bonds. The molecule has 2 saturated heterocycles. The van der Waals surface area contributed by atoms with Crippen LogP contribution in [0.3, 0.4) is 0 Å². The van der Waals surface area contributed by atoms with E-state index in [1.165, 1.54) is 0 Å². The van der Waals surface area contributed by atoms with E-state index in [-0.39, 0.29) is 0 Å². The van der Waals surface area contributed by atoms with Crippen LogP contribution in [0.2, 0.25) is 0 Å². The van der Waals surface area contributed by atoms with E-state index < -0.39 is 0 Å². The summed E-state index contributed by atoms with van der Waals surface area (Å²) in [4.78, 5) is 2.18. The fourth-order valence-electron chi connectivity index (χ4n) is 0.902. The summed E-state index contributed by atoms with van der Waals surface area (Å²) in [6, 6.07) is 0. The standard InChI is InChI=1S/C6H10NO2/c1-2-7(1)6-5-8-3-4-9-6/h1-5H2. The van der Waals surface area contributed by atoms with Crippen LogP contribution in [0.25, 0.3) is 0 Å². The molecule has 0 N–H and O–H groups in total. The molecule has 2 fully saturated rings. The van der Waals surface area contributed by atoms with E-state index >= 15 is 0 Å². The predicted molar refractivity (Wildman–Crippen MR) is 31.6 cm³/mol. The van der Waals surface area contributed by atoms with Crippen molar-refractivity contribution in [3.63, 3.8) is 0 Å². The molecule has 0 aromatic carbocycles. The lowest BCUT2D eigenvalue weighted by atomic mass is 10.5. The normalized spacial score (nSPS) is 30.7. The molecule has 2 heterocycles. The fourth-order valence-corrected chi connectivity index (χ4v) is 0.902. The SMILES string of the molecule is C1CO[C](N2CC2)CO1. The van der Waals surface area contributed by atoms with Crippen molar-refractivity contribution in [2.75, 3.05) is 32.9 Å². The van der Waals surface area contributed by atoms with Crippen LogP contribution in [0.1, 0.15) is 0 Å². The number of hydrogen-bond acceptors (Lipinski definition) is 3. The second-order valence-electron chi connectivity index (χ2n) is 2.28. The molecule has 2 rings (SSSR count). The zero-order valence-electron chi connectivity index (χ0n) is 5.30. The minimum Gasteiger partial charge on any atom is -0.374 e. The third-order valence-corrected chi connectivity index (χ3v) is 1.52. The van der Waals surface area contributed by atoms with Crippen molar-refractivity contribution in [3.05, 3.63) is 6.23 Å². The summed E-state index contributed by atoms with van der Waals surface area (Å²) in [6.45, 7) is 4.46. The zero-order chi connectivity index (χ0) is 6.10. The van der Waals surface area contributed by atoms with Gasteiger partial charge < -0.3 is 9.47 Å². The summed E-state index contributed by atoms with van der Waals surface area (Å²) in [5, 5.41) is 0. The molecule has 0 aromatic heterocycles. The highest BCUT2D eigenvalue weighted by Crippen LogP contribution is 2.20. The number of nitrogens with zero attached hydrogens (tertiary/aromatic N) is 1. The van der Waals surface area contributed by atoms with Crippen LogP contribution in [0.5, 0.6) is 0 Å². The Balaban J connectivity index is 1.80. The van der Waals surface area contributed by atoms with Gasteiger partial charge in [-0.25, -0.2) is 0 Å². The van der Waals surface area contributed by atoms with E-state index in [0.29, 0.717) is 6.61 Å². The Kier molecular flexibility index (Phi) is 1.41. The van der Waals surface area contributed by atoms with Gasteiger partial charge in [0.15, 0.2) is 6.23 Å². The minimum atomic E-state index is 0.681. The van der Waals surface area contributed by atoms with E-state index in [1.54, 1.807) is 0 Å². The lowest BCUT2D eigenvalue weighted by Gasteiger charge is -2.21. The first-order chi connectivity index (χ1) is 4.47. The van der Waals surface area contributed by atoms with Gasteiger partial charge in [-0.3, -0.25) is 4.90 Å². The lowest BCUT2D eigenvalue weighted by Crippen LogP contribution is -2.27. The van der Waals surface area contributed by atoms with Crippen LogP contribution in [-0.4, -0.2) is 37.8 Å². The predicted octanol–water partition coefficient (Wildman–Crippen LogP) is -0.162. The second-order valence-corrected chi connectivity index (χ2v) is 2.28. The van der Waals surface area contributed by atoms with Gasteiger partial charge in [0.1, 0.15) is 0 Å². The average molecular weight is 128 g/mol. The van der Waals surface area contributed by atoms with Gasteiger partial charge in [0.25, 0.3) is 0 Å². The van der Waals surface area contributed by atoms with Crippen molar-refractivity contribution in [3.8, 4) is 0 Å². The van der Waals surface area contributed by atoms with Crippen LogP contribution in [0.15, 0.2) is 0 Å². The molecule has 9 heavy (non-hydrogen) atoms. The summed E-state index contributed by atoms with van der Waals surface area (Å²) in [7, 11) is 0. The van der Waals surface area contributed by atoms with Crippen molar-refractivity contribution in [1.29, 1.82) is 0 Å². The summed E-state index contributed by atoms with van der Waals surface area (Å²) < 4.78 is 10.5. The minimum absolute atomic E-state index is 0.681. The summed E-state index contributed by atoms with van der Waals surface area (Å²) in [5.41, 5.74) is 0. The average Bonchev–Trinajstić information content (AvgIpc) is 2.71. The smallest absolute Gasteiger partial charge is 0.190 e. The van der Waals surface area contributed by atoms with E-state index in [1.807, 2.05) is 0 Å². The van der Waals surface area contributed by atoms with Crippen molar-refractivity contribution in [1.82, 2.24) is 4.90 Å². The van der Waals surface area contributed by atoms with E-state index in [4.69, 9.17) is 9.47 Å². The Morgan fingerprint density at radius 2 is 2.11 bits per heavy atom. The Morgan fingerprint density at radius 3 is 2.67 bits per heavy atom. The van der Waals surface area contributed by atoms with Crippen LogP contribution in [0.4, 0.5) is 0 Å². The van der Waals surface area contributed by atoms with Gasteiger partial charge in [-0.2, -0.15) is 0 Å². The molecule has 0 atom stereocenters. The molecule has 3 heteroatoms. The second kappa shape index (κ2) is 2.25. The van der Waals surface area contributed by atoms with Crippen LogP contribution >= 0.6 is 0 Å². The van der Waals surface area contributed by atoms with E-state index in [9.17, 15) is 0 Å². The van der Waals surface area contributed by atoms with E-state index in [2.05, 4.69) is 4.90 Å². The van der Waals surface area contributed by atoms with Crippen molar-refractivity contribution in [2.24, 2.45) is 0 Å². The molecular weight excluding hydrogens is 118 g/mol. The summed E-state index contributed by atoms with van der Waals surface area (Å²) in [6.07, 6.45) is 1.03. The first kappa shape index (κ1) is 5.65. The zero-order valence-corrected chi connectivity index (χ0v) is 5.30. The van der Waals surface area contributed by atoms with Gasteiger partial charge in [-0.05, 0) is 0 Å². The highest BCUT2D eigenvalue weighted by Gasteiger charge is 2.31. The Bertz CT molecular complexity index is 97.2. The third kappa shape index (κ3) is 1.23. The van der Waals surface area contributed by atoms with Gasteiger partial charge >= 0.3 is 0 Å². The molecule has 1 radical (unpaired) electrons. The topological polar surface area (TPSA) is 21.5 Å². The van der Waals surface area contributed by atoms with Gasteiger partial charge in [-0.1, -0.05) is 0 Å². The maximum Gasteiger partial charge on any atom is 0.190 e. The first-order valence-electron chi connectivity index (χ1n) is 3.28. The molecule has 3 nitrogen and oxygen atoms in total. The highest BCUT2D eigenvalue weighted by atomic mass is 16.6. The maximum absolute atomic E-state index is 5.32. The number of ether oxygens (including phenoxy) is 2. The molecule has 0 unspecified atom stereocenters. The highest BCUT2D eigenvalue weighted by molar-refractivity contribution is 4.90. The van der Waals surface area contributed by atoms with Gasteiger partial charge in [0.2, 0.25) is 0 Å². The van der Waals surface area contributed by atoms with Gasteiger partial charge in [-0.15, -0.1) is 0 Å². The van der Waals surface area contributed by atoms with Crippen molar-refractivity contribution < 1.29 is 9.47 Å². The third-order valence-electron chi connectivity index (χ3n) is 1.52. The molecule has 2 aliphatic heterocycles. The molecule has 0 spiro atoms. The van der Waals surface area contributed by atoms with Gasteiger partial charge in [0, 0.05) is 13.1 Å². The Hall–Kier alpha value is -0.120. The summed E-state index contributed by atoms with van der Waals surface area (Å²) in [5.74, 6) is 0. The Labute approximate surface area is 54.5 Å². The first-order valence-corrected chi connectivity index (χ1v) is 3.28. The fraction of sp³-hybridized carbons (Fsp3) is 0.833. The number of hydrogen-bond donors (Lipinski definition) is 0. The van der Waals surface area contributed by atoms with Gasteiger partial charge in [0.05, 0.1) is 19.8 Å². The molecule has 51 valence electrons. The molecule has 0 aromatic rings. The molecule has 0 aliphatic carbocycles. The summed E-state index contributed by atoms with van der Waals surface area (Å²) >= 11 is 0. The van der Waals surface area contributed by atoms with Crippen LogP contribution < -0.4 is 0 Å². The molecule has 0 saturated carbocycles.